The second-order valence-corrected chi connectivity index (χ2v) is 8.93. The molecule has 0 atom stereocenters. The highest BCUT2D eigenvalue weighted by molar-refractivity contribution is 7.99. The van der Waals surface area contributed by atoms with Crippen LogP contribution < -0.4 is 5.32 Å². The van der Waals surface area contributed by atoms with E-state index in [4.69, 9.17) is 0 Å². The number of nitrogens with one attached hydrogen (secondary N) is 1. The summed E-state index contributed by atoms with van der Waals surface area (Å²) in [7, 11) is 0. The Kier molecular flexibility index (Phi) is 5.77. The quantitative estimate of drug-likeness (QED) is 0.407. The number of amides is 1. The number of carbonyl (C=O) groups is 1. The molecule has 0 saturated heterocycles. The number of thioether (sulfide) groups is 1. The zero-order valence-electron chi connectivity index (χ0n) is 17.8. The minimum absolute atomic E-state index is 0.100. The summed E-state index contributed by atoms with van der Waals surface area (Å²) in [5.74, 6) is 2.26. The van der Waals surface area contributed by atoms with Gasteiger partial charge in [-0.2, -0.15) is 5.10 Å². The van der Waals surface area contributed by atoms with Gasteiger partial charge in [-0.25, -0.2) is 4.68 Å². The van der Waals surface area contributed by atoms with E-state index in [2.05, 4.69) is 50.3 Å². The van der Waals surface area contributed by atoms with Crippen LogP contribution in [0.2, 0.25) is 0 Å². The Balaban J connectivity index is 1.26. The second kappa shape index (κ2) is 9.00. The van der Waals surface area contributed by atoms with Crippen molar-refractivity contribution in [2.75, 3.05) is 11.1 Å². The molecule has 0 radical (unpaired) electrons. The fourth-order valence-electron chi connectivity index (χ4n) is 3.66. The summed E-state index contributed by atoms with van der Waals surface area (Å²) in [4.78, 5) is 12.7. The van der Waals surface area contributed by atoms with Gasteiger partial charge in [0.05, 0.1) is 18.5 Å². The van der Waals surface area contributed by atoms with Crippen molar-refractivity contribution >= 4 is 23.5 Å². The molecule has 162 valence electrons. The third kappa shape index (κ3) is 4.60. The van der Waals surface area contributed by atoms with Crippen LogP contribution in [-0.4, -0.2) is 36.2 Å². The maximum absolute atomic E-state index is 12.7. The molecule has 0 unspecified atom stereocenters. The molecule has 2 heterocycles. The van der Waals surface area contributed by atoms with Crippen molar-refractivity contribution in [2.24, 2.45) is 0 Å². The first-order valence-corrected chi connectivity index (χ1v) is 11.7. The van der Waals surface area contributed by atoms with Crippen LogP contribution in [0.3, 0.4) is 0 Å². The highest BCUT2D eigenvalue weighted by Crippen LogP contribution is 2.41. The number of nitrogens with zero attached hydrogens (tertiary/aromatic N) is 5. The lowest BCUT2D eigenvalue weighted by molar-refractivity contribution is -0.113. The Labute approximate surface area is 190 Å². The molecule has 1 fully saturated rings. The summed E-state index contributed by atoms with van der Waals surface area (Å²) in [6, 6.07) is 20.2. The van der Waals surface area contributed by atoms with Crippen molar-refractivity contribution in [3.05, 3.63) is 83.8 Å². The first kappa shape index (κ1) is 20.5. The fraction of sp³-hybridized carbons (Fsp3) is 0.250. The van der Waals surface area contributed by atoms with Gasteiger partial charge in [0, 0.05) is 17.7 Å². The minimum atomic E-state index is -0.100. The van der Waals surface area contributed by atoms with Gasteiger partial charge in [-0.05, 0) is 37.5 Å². The predicted octanol–water partition coefficient (Wildman–Crippen LogP) is 4.43. The molecule has 5 rings (SSSR count). The van der Waals surface area contributed by atoms with Crippen LogP contribution in [-0.2, 0) is 11.3 Å². The van der Waals surface area contributed by atoms with Gasteiger partial charge in [-0.3, -0.25) is 9.36 Å². The Morgan fingerprint density at radius 3 is 2.72 bits per heavy atom. The predicted molar refractivity (Wildman–Crippen MR) is 125 cm³/mol. The lowest BCUT2D eigenvalue weighted by atomic mass is 10.1. The summed E-state index contributed by atoms with van der Waals surface area (Å²) < 4.78 is 3.88. The van der Waals surface area contributed by atoms with E-state index in [0.29, 0.717) is 18.3 Å². The number of hydrogen-bond acceptors (Lipinski definition) is 5. The van der Waals surface area contributed by atoms with E-state index in [0.717, 1.165) is 35.1 Å². The molecule has 0 aliphatic heterocycles. The zero-order chi connectivity index (χ0) is 21.9. The molecule has 0 spiro atoms. The minimum Gasteiger partial charge on any atom is -0.310 e. The van der Waals surface area contributed by atoms with Gasteiger partial charge >= 0.3 is 0 Å². The van der Waals surface area contributed by atoms with E-state index in [1.165, 1.54) is 17.3 Å². The lowest BCUT2D eigenvalue weighted by Crippen LogP contribution is -2.18. The summed E-state index contributed by atoms with van der Waals surface area (Å²) in [6.07, 6.45) is 3.98. The molecule has 1 saturated carbocycles. The van der Waals surface area contributed by atoms with Gasteiger partial charge in [0.2, 0.25) is 5.91 Å². The van der Waals surface area contributed by atoms with Crippen LogP contribution in [0.15, 0.2) is 72.0 Å². The SMILES string of the molecule is Cc1cccc(Cn2nccc2NC(=O)CSc2nnc(C3CC3)n2-c2ccccc2)c1. The van der Waals surface area contributed by atoms with Crippen LogP contribution in [0.1, 0.15) is 35.7 Å². The van der Waals surface area contributed by atoms with E-state index < -0.39 is 0 Å². The van der Waals surface area contributed by atoms with Crippen molar-refractivity contribution in [2.45, 2.75) is 37.4 Å². The van der Waals surface area contributed by atoms with E-state index >= 15 is 0 Å². The summed E-state index contributed by atoms with van der Waals surface area (Å²) in [5, 5.41) is 16.9. The smallest absolute Gasteiger partial charge is 0.235 e. The largest absolute Gasteiger partial charge is 0.310 e. The van der Waals surface area contributed by atoms with Gasteiger partial charge in [-0.15, -0.1) is 10.2 Å². The number of carbonyl (C=O) groups excluding carboxylic acids is 1. The van der Waals surface area contributed by atoms with Crippen LogP contribution in [0.4, 0.5) is 5.82 Å². The van der Waals surface area contributed by atoms with Crippen molar-refractivity contribution in [3.8, 4) is 5.69 Å². The normalized spacial score (nSPS) is 13.3. The zero-order valence-corrected chi connectivity index (χ0v) is 18.6. The molecule has 1 amide bonds. The highest BCUT2D eigenvalue weighted by atomic mass is 32.2. The third-order valence-electron chi connectivity index (χ3n) is 5.35. The standard InChI is InChI=1S/C24H24N6OS/c1-17-6-5-7-18(14-17)15-29-21(12-13-25-29)26-22(31)16-32-24-28-27-23(19-10-11-19)30(24)20-8-3-2-4-9-20/h2-9,12-14,19H,10-11,15-16H2,1H3,(H,26,31). The molecule has 1 aliphatic carbocycles. The molecule has 8 heteroatoms. The van der Waals surface area contributed by atoms with Crippen molar-refractivity contribution in [3.63, 3.8) is 0 Å². The monoisotopic (exact) mass is 444 g/mol. The lowest BCUT2D eigenvalue weighted by Gasteiger charge is -2.11. The van der Waals surface area contributed by atoms with Crippen LogP contribution in [0, 0.1) is 6.92 Å². The van der Waals surface area contributed by atoms with Crippen molar-refractivity contribution in [1.29, 1.82) is 0 Å². The number of rotatable bonds is 8. The maximum atomic E-state index is 12.7. The van der Waals surface area contributed by atoms with Crippen molar-refractivity contribution < 1.29 is 4.79 Å². The van der Waals surface area contributed by atoms with Crippen molar-refractivity contribution in [1.82, 2.24) is 24.5 Å². The van der Waals surface area contributed by atoms with E-state index in [1.807, 2.05) is 42.5 Å². The van der Waals surface area contributed by atoms with Crippen LogP contribution >= 0.6 is 11.8 Å². The summed E-state index contributed by atoms with van der Waals surface area (Å²) >= 11 is 1.40. The number of aryl methyl sites for hydroxylation is 1. The first-order chi connectivity index (χ1) is 15.7. The average molecular weight is 445 g/mol. The summed E-state index contributed by atoms with van der Waals surface area (Å²) in [5.41, 5.74) is 3.37. The Morgan fingerprint density at radius 2 is 1.94 bits per heavy atom. The van der Waals surface area contributed by atoms with Gasteiger partial charge in [0.1, 0.15) is 11.6 Å². The van der Waals surface area contributed by atoms with E-state index in [1.54, 1.807) is 10.9 Å². The Hall–Kier alpha value is -3.39. The van der Waals surface area contributed by atoms with Crippen LogP contribution in [0.5, 0.6) is 0 Å². The second-order valence-electron chi connectivity index (χ2n) is 7.99. The molecular formula is C24H24N6OS. The van der Waals surface area contributed by atoms with Gasteiger partial charge in [0.25, 0.3) is 0 Å². The molecular weight excluding hydrogens is 420 g/mol. The van der Waals surface area contributed by atoms with Crippen LogP contribution in [0.25, 0.3) is 5.69 Å². The van der Waals surface area contributed by atoms with Gasteiger partial charge in [-0.1, -0.05) is 59.8 Å². The fourth-order valence-corrected chi connectivity index (χ4v) is 4.42. The molecule has 7 nitrogen and oxygen atoms in total. The molecule has 2 aromatic carbocycles. The molecule has 4 aromatic rings. The Morgan fingerprint density at radius 1 is 1.09 bits per heavy atom. The molecule has 1 aliphatic rings. The number of para-hydroxylation sites is 1. The number of hydrogen-bond donors (Lipinski definition) is 1. The number of aromatic nitrogens is 5. The third-order valence-corrected chi connectivity index (χ3v) is 6.28. The maximum Gasteiger partial charge on any atom is 0.235 e. The number of benzene rings is 2. The topological polar surface area (TPSA) is 77.6 Å². The molecule has 32 heavy (non-hydrogen) atoms. The molecule has 2 aromatic heterocycles. The van der Waals surface area contributed by atoms with E-state index in [-0.39, 0.29) is 11.7 Å². The van der Waals surface area contributed by atoms with E-state index in [9.17, 15) is 4.79 Å². The number of anilines is 1. The molecule has 0 bridgehead atoms. The van der Waals surface area contributed by atoms with Gasteiger partial charge in [0.15, 0.2) is 5.16 Å². The Bertz CT molecular complexity index is 1230. The summed E-state index contributed by atoms with van der Waals surface area (Å²) in [6.45, 7) is 2.67. The molecule has 1 N–H and O–H groups in total. The first-order valence-electron chi connectivity index (χ1n) is 10.7. The highest BCUT2D eigenvalue weighted by Gasteiger charge is 2.31. The average Bonchev–Trinajstić information content (AvgIpc) is 3.42. The van der Waals surface area contributed by atoms with Gasteiger partial charge < -0.3 is 5.32 Å².